The molecule has 0 bridgehead atoms. The molecule has 0 aromatic heterocycles. The smallest absolute Gasteiger partial charge is 0.0444 e. The number of hydrogen-bond acceptors (Lipinski definition) is 3. The number of rotatable bonds is 6. The average molecular weight is 263 g/mol. The first-order valence-electron chi connectivity index (χ1n) is 7.03. The number of nitrogens with one attached hydrogen (secondary N) is 1. The third kappa shape index (κ3) is 5.31. The Morgan fingerprint density at radius 2 is 1.74 bits per heavy atom. The second kappa shape index (κ2) is 7.04. The van der Waals surface area contributed by atoms with Gasteiger partial charge in [-0.05, 0) is 30.6 Å². The molecule has 0 heterocycles. The molecule has 3 heteroatoms. The predicted octanol–water partition coefficient (Wildman–Crippen LogP) is 2.14. The van der Waals surface area contributed by atoms with Crippen molar-refractivity contribution in [1.29, 1.82) is 0 Å². The highest BCUT2D eigenvalue weighted by Gasteiger charge is 2.14. The Bertz CT molecular complexity index is 363. The zero-order valence-electron chi connectivity index (χ0n) is 13.0. The van der Waals surface area contributed by atoms with Gasteiger partial charge >= 0.3 is 0 Å². The molecule has 1 aromatic rings. The monoisotopic (exact) mass is 263 g/mol. The van der Waals surface area contributed by atoms with E-state index in [0.29, 0.717) is 6.54 Å². The summed E-state index contributed by atoms with van der Waals surface area (Å²) < 4.78 is 0. The van der Waals surface area contributed by atoms with Gasteiger partial charge in [0.25, 0.3) is 0 Å². The molecule has 1 atom stereocenters. The standard InChI is InChI=1S/C16H29N3/c1-16(2,3)14-8-6-13(7-9-14)15(12-17)18-10-11-19(4)5/h6-9,15,18H,10-12,17H2,1-5H3. The third-order valence-electron chi connectivity index (χ3n) is 3.36. The highest BCUT2D eigenvalue weighted by molar-refractivity contribution is 5.29. The van der Waals surface area contributed by atoms with Crippen LogP contribution in [0.2, 0.25) is 0 Å². The molecule has 0 radical (unpaired) electrons. The second-order valence-electron chi connectivity index (χ2n) is 6.42. The van der Waals surface area contributed by atoms with Crippen LogP contribution < -0.4 is 11.1 Å². The lowest BCUT2D eigenvalue weighted by atomic mass is 9.86. The van der Waals surface area contributed by atoms with Gasteiger partial charge in [0.1, 0.15) is 0 Å². The Morgan fingerprint density at radius 1 is 1.16 bits per heavy atom. The topological polar surface area (TPSA) is 41.3 Å². The molecule has 1 rings (SSSR count). The molecule has 3 nitrogen and oxygen atoms in total. The van der Waals surface area contributed by atoms with Crippen LogP contribution in [0.4, 0.5) is 0 Å². The van der Waals surface area contributed by atoms with Crippen molar-refractivity contribution in [3.8, 4) is 0 Å². The van der Waals surface area contributed by atoms with Crippen molar-refractivity contribution in [2.75, 3.05) is 33.7 Å². The number of likely N-dealkylation sites (N-methyl/N-ethyl adjacent to an activating group) is 1. The summed E-state index contributed by atoms with van der Waals surface area (Å²) >= 11 is 0. The van der Waals surface area contributed by atoms with Crippen LogP contribution in [0.25, 0.3) is 0 Å². The number of nitrogens with two attached hydrogens (primary N) is 1. The van der Waals surface area contributed by atoms with Crippen LogP contribution in [0, 0.1) is 0 Å². The Morgan fingerprint density at radius 3 is 2.16 bits per heavy atom. The Kier molecular flexibility index (Phi) is 5.98. The molecule has 0 aliphatic rings. The molecule has 0 saturated heterocycles. The maximum atomic E-state index is 5.87. The van der Waals surface area contributed by atoms with Gasteiger partial charge in [-0.15, -0.1) is 0 Å². The molecule has 0 fully saturated rings. The first-order valence-corrected chi connectivity index (χ1v) is 7.03. The van der Waals surface area contributed by atoms with E-state index >= 15 is 0 Å². The van der Waals surface area contributed by atoms with E-state index in [2.05, 4.69) is 69.3 Å². The molecular weight excluding hydrogens is 234 g/mol. The summed E-state index contributed by atoms with van der Waals surface area (Å²) in [7, 11) is 4.16. The summed E-state index contributed by atoms with van der Waals surface area (Å²) in [4.78, 5) is 2.17. The van der Waals surface area contributed by atoms with Crippen molar-refractivity contribution < 1.29 is 0 Å². The minimum Gasteiger partial charge on any atom is -0.329 e. The van der Waals surface area contributed by atoms with Crippen LogP contribution in [0.5, 0.6) is 0 Å². The zero-order valence-corrected chi connectivity index (χ0v) is 13.0. The van der Waals surface area contributed by atoms with Crippen molar-refractivity contribution in [1.82, 2.24) is 10.2 Å². The Labute approximate surface area is 118 Å². The lowest BCUT2D eigenvalue weighted by Gasteiger charge is -2.22. The normalized spacial score (nSPS) is 13.8. The number of nitrogens with zero attached hydrogens (tertiary/aromatic N) is 1. The SMILES string of the molecule is CN(C)CCNC(CN)c1ccc(C(C)(C)C)cc1. The first kappa shape index (κ1) is 16.2. The fourth-order valence-corrected chi connectivity index (χ4v) is 2.02. The highest BCUT2D eigenvalue weighted by atomic mass is 15.1. The van der Waals surface area contributed by atoms with Gasteiger partial charge in [-0.3, -0.25) is 0 Å². The van der Waals surface area contributed by atoms with Gasteiger partial charge in [0.15, 0.2) is 0 Å². The van der Waals surface area contributed by atoms with Gasteiger partial charge in [-0.25, -0.2) is 0 Å². The van der Waals surface area contributed by atoms with E-state index in [9.17, 15) is 0 Å². The first-order chi connectivity index (χ1) is 8.84. The van der Waals surface area contributed by atoms with Crippen LogP contribution >= 0.6 is 0 Å². The average Bonchev–Trinajstić information content (AvgIpc) is 2.33. The van der Waals surface area contributed by atoms with Gasteiger partial charge in [-0.2, -0.15) is 0 Å². The van der Waals surface area contributed by atoms with Crippen LogP contribution in [0.3, 0.4) is 0 Å². The van der Waals surface area contributed by atoms with E-state index in [-0.39, 0.29) is 11.5 Å². The van der Waals surface area contributed by atoms with Gasteiger partial charge in [0, 0.05) is 25.7 Å². The van der Waals surface area contributed by atoms with Crippen LogP contribution in [0.1, 0.15) is 37.9 Å². The van der Waals surface area contributed by atoms with E-state index < -0.39 is 0 Å². The lowest BCUT2D eigenvalue weighted by molar-refractivity contribution is 0.385. The van der Waals surface area contributed by atoms with Gasteiger partial charge in [0.05, 0.1) is 0 Å². The van der Waals surface area contributed by atoms with E-state index in [1.165, 1.54) is 11.1 Å². The maximum Gasteiger partial charge on any atom is 0.0444 e. The molecule has 19 heavy (non-hydrogen) atoms. The van der Waals surface area contributed by atoms with Gasteiger partial charge in [-0.1, -0.05) is 45.0 Å². The molecule has 0 aliphatic heterocycles. The minimum atomic E-state index is 0.203. The molecule has 108 valence electrons. The Balaban J connectivity index is 2.66. The molecule has 0 aliphatic carbocycles. The summed E-state index contributed by atoms with van der Waals surface area (Å²) in [5.74, 6) is 0. The summed E-state index contributed by atoms with van der Waals surface area (Å²) in [5, 5.41) is 3.51. The van der Waals surface area contributed by atoms with Crippen LogP contribution in [-0.2, 0) is 5.41 Å². The highest BCUT2D eigenvalue weighted by Crippen LogP contribution is 2.23. The van der Waals surface area contributed by atoms with Crippen LogP contribution in [-0.4, -0.2) is 38.6 Å². The maximum absolute atomic E-state index is 5.87. The molecular formula is C16H29N3. The van der Waals surface area contributed by atoms with Crippen molar-refractivity contribution in [3.63, 3.8) is 0 Å². The van der Waals surface area contributed by atoms with Crippen molar-refractivity contribution in [2.24, 2.45) is 5.73 Å². The molecule has 0 spiro atoms. The zero-order chi connectivity index (χ0) is 14.5. The summed E-state index contributed by atoms with van der Waals surface area (Å²) in [6, 6.07) is 9.06. The summed E-state index contributed by atoms with van der Waals surface area (Å²) in [5.41, 5.74) is 8.71. The van der Waals surface area contributed by atoms with Crippen molar-refractivity contribution in [3.05, 3.63) is 35.4 Å². The van der Waals surface area contributed by atoms with E-state index in [4.69, 9.17) is 5.73 Å². The van der Waals surface area contributed by atoms with Crippen molar-refractivity contribution >= 4 is 0 Å². The van der Waals surface area contributed by atoms with E-state index in [0.717, 1.165) is 13.1 Å². The number of benzene rings is 1. The molecule has 3 N–H and O–H groups in total. The van der Waals surface area contributed by atoms with E-state index in [1.54, 1.807) is 0 Å². The summed E-state index contributed by atoms with van der Waals surface area (Å²) in [6.07, 6.45) is 0. The lowest BCUT2D eigenvalue weighted by Crippen LogP contribution is -2.33. The third-order valence-corrected chi connectivity index (χ3v) is 3.36. The minimum absolute atomic E-state index is 0.203. The van der Waals surface area contributed by atoms with Crippen molar-refractivity contribution in [2.45, 2.75) is 32.2 Å². The van der Waals surface area contributed by atoms with Crippen LogP contribution in [0.15, 0.2) is 24.3 Å². The van der Waals surface area contributed by atoms with Gasteiger partial charge in [0.2, 0.25) is 0 Å². The molecule has 1 aromatic carbocycles. The fraction of sp³-hybridized carbons (Fsp3) is 0.625. The quantitative estimate of drug-likeness (QED) is 0.826. The van der Waals surface area contributed by atoms with E-state index in [1.807, 2.05) is 0 Å². The predicted molar refractivity (Wildman–Crippen MR) is 83.5 cm³/mol. The molecule has 1 unspecified atom stereocenters. The number of hydrogen-bond donors (Lipinski definition) is 2. The summed E-state index contributed by atoms with van der Waals surface area (Å²) in [6.45, 7) is 9.31. The van der Waals surface area contributed by atoms with Gasteiger partial charge < -0.3 is 16.0 Å². The largest absolute Gasteiger partial charge is 0.329 e. The molecule has 0 amide bonds. The molecule has 0 saturated carbocycles. The Hall–Kier alpha value is -0.900. The second-order valence-corrected chi connectivity index (χ2v) is 6.42. The fourth-order valence-electron chi connectivity index (χ4n) is 2.02.